The van der Waals surface area contributed by atoms with Crippen LogP contribution in [-0.4, -0.2) is 46.4 Å². The maximum absolute atomic E-state index is 13.2. The molecule has 1 amide bonds. The van der Waals surface area contributed by atoms with Crippen molar-refractivity contribution in [1.82, 2.24) is 20.3 Å². The minimum Gasteiger partial charge on any atom is -0.438 e. The van der Waals surface area contributed by atoms with Gasteiger partial charge in [-0.2, -0.15) is 0 Å². The van der Waals surface area contributed by atoms with Gasteiger partial charge in [0.2, 0.25) is 11.7 Å². The zero-order valence-corrected chi connectivity index (χ0v) is 20.8. The molecule has 2 N–H and O–H groups in total. The number of imidazole rings is 1. The zero-order valence-electron chi connectivity index (χ0n) is 20.8. The second-order valence-corrected chi connectivity index (χ2v) is 8.73. The molecule has 0 unspecified atom stereocenters. The summed E-state index contributed by atoms with van der Waals surface area (Å²) in [5, 5.41) is 3.02. The van der Waals surface area contributed by atoms with E-state index >= 15 is 0 Å². The van der Waals surface area contributed by atoms with E-state index in [1.54, 1.807) is 49.7 Å². The summed E-state index contributed by atoms with van der Waals surface area (Å²) in [6.07, 6.45) is 2.18. The fourth-order valence-corrected chi connectivity index (χ4v) is 4.14. The van der Waals surface area contributed by atoms with Gasteiger partial charge in [0.1, 0.15) is 11.3 Å². The SMILES string of the molecule is COC[C@H](Cc1ccccc1)NC(=O)c1cccnc1Oc1ccc(C(=O)c2nc3ccccc3[nH]2)cc1. The fraction of sp³-hybridized carbons (Fsp3) is 0.133. The van der Waals surface area contributed by atoms with Crippen LogP contribution in [0.15, 0.2) is 97.2 Å². The monoisotopic (exact) mass is 506 g/mol. The lowest BCUT2D eigenvalue weighted by Gasteiger charge is -2.19. The van der Waals surface area contributed by atoms with Crippen molar-refractivity contribution >= 4 is 22.7 Å². The quantitative estimate of drug-likeness (QED) is 0.259. The molecule has 2 heterocycles. The van der Waals surface area contributed by atoms with Crippen molar-refractivity contribution in [3.05, 3.63) is 120 Å². The van der Waals surface area contributed by atoms with Gasteiger partial charge >= 0.3 is 0 Å². The number of ether oxygens (including phenoxy) is 2. The highest BCUT2D eigenvalue weighted by molar-refractivity contribution is 6.08. The Morgan fingerprint density at radius 3 is 2.45 bits per heavy atom. The van der Waals surface area contributed by atoms with Gasteiger partial charge in [0.15, 0.2) is 5.82 Å². The molecule has 8 heteroatoms. The highest BCUT2D eigenvalue weighted by Gasteiger charge is 2.20. The number of nitrogens with zero attached hydrogens (tertiary/aromatic N) is 2. The third kappa shape index (κ3) is 5.77. The predicted molar refractivity (Wildman–Crippen MR) is 144 cm³/mol. The van der Waals surface area contributed by atoms with Crippen molar-refractivity contribution in [2.45, 2.75) is 12.5 Å². The molecule has 0 bridgehead atoms. The number of nitrogens with one attached hydrogen (secondary N) is 2. The number of hydrogen-bond donors (Lipinski definition) is 2. The summed E-state index contributed by atoms with van der Waals surface area (Å²) in [7, 11) is 1.60. The molecule has 0 saturated heterocycles. The topological polar surface area (TPSA) is 106 Å². The van der Waals surface area contributed by atoms with Crippen LogP contribution in [0.4, 0.5) is 0 Å². The van der Waals surface area contributed by atoms with Gasteiger partial charge in [-0.15, -0.1) is 0 Å². The molecule has 0 spiro atoms. The van der Waals surface area contributed by atoms with E-state index in [1.165, 1.54) is 0 Å². The lowest BCUT2D eigenvalue weighted by Crippen LogP contribution is -2.39. The number of H-pyrrole nitrogens is 1. The van der Waals surface area contributed by atoms with Gasteiger partial charge in [0.25, 0.3) is 5.91 Å². The molecule has 0 saturated carbocycles. The van der Waals surface area contributed by atoms with Crippen LogP contribution in [-0.2, 0) is 11.2 Å². The van der Waals surface area contributed by atoms with E-state index in [0.717, 1.165) is 16.6 Å². The van der Waals surface area contributed by atoms with Crippen molar-refractivity contribution in [1.29, 1.82) is 0 Å². The molecule has 0 aliphatic rings. The van der Waals surface area contributed by atoms with E-state index in [4.69, 9.17) is 9.47 Å². The molecule has 0 aliphatic carbocycles. The summed E-state index contributed by atoms with van der Waals surface area (Å²) in [4.78, 5) is 37.8. The molecule has 38 heavy (non-hydrogen) atoms. The standard InChI is InChI=1S/C30H26N4O4/c1-37-19-22(18-20-8-3-2-4-9-20)32-29(36)24-10-7-17-31-30(24)38-23-15-13-21(14-16-23)27(35)28-33-25-11-5-6-12-26(25)34-28/h2-17,22H,18-19H2,1H3,(H,32,36)(H,33,34)/t22-/m0/s1. The van der Waals surface area contributed by atoms with Crippen LogP contribution in [0.5, 0.6) is 11.6 Å². The second-order valence-electron chi connectivity index (χ2n) is 8.73. The predicted octanol–water partition coefficient (Wildman–Crippen LogP) is 4.97. The smallest absolute Gasteiger partial charge is 0.257 e. The van der Waals surface area contributed by atoms with Crippen molar-refractivity contribution in [3.8, 4) is 11.6 Å². The Hall–Kier alpha value is -4.82. The minimum absolute atomic E-state index is 0.164. The Bertz CT molecular complexity index is 1510. The molecule has 8 nitrogen and oxygen atoms in total. The number of aromatic amines is 1. The molecule has 5 rings (SSSR count). The van der Waals surface area contributed by atoms with Crippen LogP contribution in [0.1, 0.15) is 32.1 Å². The third-order valence-corrected chi connectivity index (χ3v) is 5.98. The molecule has 0 fully saturated rings. The highest BCUT2D eigenvalue weighted by Crippen LogP contribution is 2.24. The number of fused-ring (bicyclic) bond motifs is 1. The first-order chi connectivity index (χ1) is 18.6. The molecule has 2 aromatic heterocycles. The lowest BCUT2D eigenvalue weighted by atomic mass is 10.1. The van der Waals surface area contributed by atoms with E-state index in [0.29, 0.717) is 29.9 Å². The van der Waals surface area contributed by atoms with Crippen LogP contribution in [0.3, 0.4) is 0 Å². The number of ketones is 1. The molecule has 0 aliphatic heterocycles. The van der Waals surface area contributed by atoms with E-state index in [-0.39, 0.29) is 29.4 Å². The average Bonchev–Trinajstić information content (AvgIpc) is 3.38. The van der Waals surface area contributed by atoms with Gasteiger partial charge < -0.3 is 19.8 Å². The van der Waals surface area contributed by atoms with E-state index in [2.05, 4.69) is 20.3 Å². The number of para-hydroxylation sites is 2. The van der Waals surface area contributed by atoms with Crippen LogP contribution < -0.4 is 10.1 Å². The molecular formula is C30H26N4O4. The number of carbonyl (C=O) groups excluding carboxylic acids is 2. The van der Waals surface area contributed by atoms with Crippen molar-refractivity contribution in [2.75, 3.05) is 13.7 Å². The van der Waals surface area contributed by atoms with E-state index in [9.17, 15) is 9.59 Å². The zero-order chi connectivity index (χ0) is 26.3. The summed E-state index contributed by atoms with van der Waals surface area (Å²) in [6, 6.07) is 27.1. The van der Waals surface area contributed by atoms with Crippen LogP contribution in [0.2, 0.25) is 0 Å². The number of benzene rings is 3. The van der Waals surface area contributed by atoms with Crippen molar-refractivity contribution in [2.24, 2.45) is 0 Å². The summed E-state index contributed by atoms with van der Waals surface area (Å²) < 4.78 is 11.3. The first-order valence-corrected chi connectivity index (χ1v) is 12.2. The first-order valence-electron chi connectivity index (χ1n) is 12.2. The summed E-state index contributed by atoms with van der Waals surface area (Å²) in [6.45, 7) is 0.359. The van der Waals surface area contributed by atoms with Crippen LogP contribution in [0.25, 0.3) is 11.0 Å². The number of aromatic nitrogens is 3. The molecule has 190 valence electrons. The summed E-state index contributed by atoms with van der Waals surface area (Å²) in [5.41, 5.74) is 3.37. The Labute approximate surface area is 219 Å². The molecule has 0 radical (unpaired) electrons. The average molecular weight is 507 g/mol. The highest BCUT2D eigenvalue weighted by atomic mass is 16.5. The van der Waals surface area contributed by atoms with Crippen LogP contribution in [0, 0.1) is 0 Å². The molecule has 5 aromatic rings. The van der Waals surface area contributed by atoms with Crippen molar-refractivity contribution in [3.63, 3.8) is 0 Å². The van der Waals surface area contributed by atoms with Gasteiger partial charge in [-0.25, -0.2) is 9.97 Å². The van der Waals surface area contributed by atoms with E-state index in [1.807, 2.05) is 54.6 Å². The van der Waals surface area contributed by atoms with Gasteiger partial charge in [0, 0.05) is 18.9 Å². The van der Waals surface area contributed by atoms with Gasteiger partial charge in [0.05, 0.1) is 23.7 Å². The van der Waals surface area contributed by atoms with E-state index < -0.39 is 0 Å². The van der Waals surface area contributed by atoms with Gasteiger partial charge in [-0.1, -0.05) is 42.5 Å². The third-order valence-electron chi connectivity index (χ3n) is 5.98. The van der Waals surface area contributed by atoms with Gasteiger partial charge in [-0.05, 0) is 60.5 Å². The maximum Gasteiger partial charge on any atom is 0.257 e. The fourth-order valence-electron chi connectivity index (χ4n) is 4.14. The lowest BCUT2D eigenvalue weighted by molar-refractivity contribution is 0.0893. The Kier molecular flexibility index (Phi) is 7.52. The maximum atomic E-state index is 13.2. The Morgan fingerprint density at radius 1 is 0.921 bits per heavy atom. The Morgan fingerprint density at radius 2 is 1.68 bits per heavy atom. The summed E-state index contributed by atoms with van der Waals surface area (Å²) in [5.74, 6) is 0.328. The Balaban J connectivity index is 1.29. The van der Waals surface area contributed by atoms with Crippen molar-refractivity contribution < 1.29 is 19.1 Å². The number of pyridine rings is 1. The number of hydrogen-bond acceptors (Lipinski definition) is 6. The summed E-state index contributed by atoms with van der Waals surface area (Å²) >= 11 is 0. The number of carbonyl (C=O) groups is 2. The molecule has 3 aromatic carbocycles. The first kappa shape index (κ1) is 24.9. The molecule has 1 atom stereocenters. The number of amides is 1. The number of rotatable bonds is 10. The normalized spacial score (nSPS) is 11.7. The van der Waals surface area contributed by atoms with Gasteiger partial charge in [-0.3, -0.25) is 9.59 Å². The second kappa shape index (κ2) is 11.5. The minimum atomic E-state index is -0.317. The number of methoxy groups -OCH3 is 1. The molecular weight excluding hydrogens is 480 g/mol. The largest absolute Gasteiger partial charge is 0.438 e. The van der Waals surface area contributed by atoms with Crippen LogP contribution >= 0.6 is 0 Å².